The Labute approximate surface area is 139 Å². The Morgan fingerprint density at radius 3 is 2.75 bits per heavy atom. The smallest absolute Gasteiger partial charge is 0.258 e. The third-order valence-corrected chi connectivity index (χ3v) is 5.73. The van der Waals surface area contributed by atoms with Gasteiger partial charge in [0.15, 0.2) is 0 Å². The average molecular weight is 351 g/mol. The molecule has 128 valence electrons. The summed E-state index contributed by atoms with van der Waals surface area (Å²) in [5.74, 6) is -0.275. The fourth-order valence-electron chi connectivity index (χ4n) is 2.39. The molecule has 2 aromatic rings. The number of morpholine rings is 1. The molecule has 10 heteroatoms. The summed E-state index contributed by atoms with van der Waals surface area (Å²) >= 11 is 0. The third kappa shape index (κ3) is 3.30. The van der Waals surface area contributed by atoms with Crippen molar-refractivity contribution in [2.45, 2.75) is 11.8 Å². The van der Waals surface area contributed by atoms with Crippen LogP contribution in [-0.2, 0) is 14.8 Å². The summed E-state index contributed by atoms with van der Waals surface area (Å²) in [7, 11) is -3.67. The lowest BCUT2D eigenvalue weighted by molar-refractivity contribution is 0.0730. The normalized spacial score (nSPS) is 16.0. The third-order valence-electron chi connectivity index (χ3n) is 3.69. The van der Waals surface area contributed by atoms with E-state index in [0.717, 1.165) is 0 Å². The molecule has 2 N–H and O–H groups in total. The second kappa shape index (κ2) is 6.67. The summed E-state index contributed by atoms with van der Waals surface area (Å²) in [6, 6.07) is 4.56. The molecule has 24 heavy (non-hydrogen) atoms. The van der Waals surface area contributed by atoms with Crippen LogP contribution >= 0.6 is 0 Å². The molecule has 0 saturated carbocycles. The number of nitrogens with zero attached hydrogens (tertiary/aromatic N) is 3. The van der Waals surface area contributed by atoms with Gasteiger partial charge in [0.25, 0.3) is 5.91 Å². The monoisotopic (exact) mass is 351 g/mol. The maximum absolute atomic E-state index is 12.8. The molecule has 1 aromatic heterocycles. The first-order chi connectivity index (χ1) is 11.5. The molecule has 1 aliphatic heterocycles. The van der Waals surface area contributed by atoms with Crippen molar-refractivity contribution in [2.24, 2.45) is 0 Å². The van der Waals surface area contributed by atoms with Crippen LogP contribution in [0.4, 0.5) is 5.95 Å². The number of aromatic amines is 1. The van der Waals surface area contributed by atoms with Crippen molar-refractivity contribution in [3.05, 3.63) is 35.7 Å². The number of hydrogen-bond acceptors (Lipinski definition) is 6. The van der Waals surface area contributed by atoms with Gasteiger partial charge in [0.1, 0.15) is 6.33 Å². The van der Waals surface area contributed by atoms with Gasteiger partial charge in [-0.1, -0.05) is 6.07 Å². The van der Waals surface area contributed by atoms with Gasteiger partial charge in [0.2, 0.25) is 16.0 Å². The fourth-order valence-corrected chi connectivity index (χ4v) is 4.05. The second-order valence-electron chi connectivity index (χ2n) is 5.28. The summed E-state index contributed by atoms with van der Waals surface area (Å²) in [6.07, 6.45) is 1.26. The number of sulfonamides is 1. The number of hydrogen-bond donors (Lipinski definition) is 2. The zero-order valence-corrected chi connectivity index (χ0v) is 13.8. The largest absolute Gasteiger partial charge is 0.379 e. The molecule has 2 heterocycles. The molecule has 9 nitrogen and oxygen atoms in total. The first kappa shape index (κ1) is 16.6. The Kier molecular flexibility index (Phi) is 4.60. The van der Waals surface area contributed by atoms with Crippen LogP contribution in [-0.4, -0.2) is 60.1 Å². The highest BCUT2D eigenvalue weighted by Crippen LogP contribution is 2.22. The highest BCUT2D eigenvalue weighted by Gasteiger charge is 2.28. The van der Waals surface area contributed by atoms with Crippen molar-refractivity contribution in [3.8, 4) is 0 Å². The maximum Gasteiger partial charge on any atom is 0.258 e. The summed E-state index contributed by atoms with van der Waals surface area (Å²) in [6.45, 7) is 3.03. The number of rotatable bonds is 4. The summed E-state index contributed by atoms with van der Waals surface area (Å²) < 4.78 is 32.2. The standard InChI is InChI=1S/C14H17N5O4S/c1-10-2-3-11(13(20)17-14-15-9-16-18-14)8-12(10)24(21,22)19-4-6-23-7-5-19/h2-3,8-9H,4-7H2,1H3,(H2,15,16,17,18,20). The van der Waals surface area contributed by atoms with Crippen LogP contribution in [0.2, 0.25) is 0 Å². The van der Waals surface area contributed by atoms with Crippen molar-refractivity contribution in [1.29, 1.82) is 0 Å². The highest BCUT2D eigenvalue weighted by atomic mass is 32.2. The Morgan fingerprint density at radius 2 is 2.08 bits per heavy atom. The summed E-state index contributed by atoms with van der Waals surface area (Å²) in [4.78, 5) is 16.2. The molecule has 1 saturated heterocycles. The van der Waals surface area contributed by atoms with Crippen LogP contribution in [0, 0.1) is 6.92 Å². The highest BCUT2D eigenvalue weighted by molar-refractivity contribution is 7.89. The number of anilines is 1. The van der Waals surface area contributed by atoms with E-state index in [2.05, 4.69) is 20.5 Å². The van der Waals surface area contributed by atoms with Crippen LogP contribution in [0.25, 0.3) is 0 Å². The van der Waals surface area contributed by atoms with E-state index in [-0.39, 0.29) is 16.4 Å². The quantitative estimate of drug-likeness (QED) is 0.823. The van der Waals surface area contributed by atoms with E-state index in [0.29, 0.717) is 31.9 Å². The van der Waals surface area contributed by atoms with Crippen LogP contribution in [0.5, 0.6) is 0 Å². The second-order valence-corrected chi connectivity index (χ2v) is 7.19. The number of aryl methyl sites for hydroxylation is 1. The fraction of sp³-hybridized carbons (Fsp3) is 0.357. The number of carbonyl (C=O) groups excluding carboxylic acids is 1. The summed E-state index contributed by atoms with van der Waals surface area (Å²) in [5, 5.41) is 8.67. The first-order valence-corrected chi connectivity index (χ1v) is 8.78. The van der Waals surface area contributed by atoms with Crippen LogP contribution < -0.4 is 5.32 Å². The molecule has 0 atom stereocenters. The average Bonchev–Trinajstić information content (AvgIpc) is 3.09. The lowest BCUT2D eigenvalue weighted by Crippen LogP contribution is -2.40. The van der Waals surface area contributed by atoms with E-state index < -0.39 is 15.9 Å². The van der Waals surface area contributed by atoms with E-state index in [1.165, 1.54) is 16.7 Å². The van der Waals surface area contributed by atoms with Gasteiger partial charge in [-0.25, -0.2) is 13.5 Å². The zero-order valence-electron chi connectivity index (χ0n) is 13.0. The van der Waals surface area contributed by atoms with Gasteiger partial charge < -0.3 is 4.74 Å². The number of H-pyrrole nitrogens is 1. The van der Waals surface area contributed by atoms with Gasteiger partial charge in [-0.2, -0.15) is 14.4 Å². The number of ether oxygens (including phenoxy) is 1. The van der Waals surface area contributed by atoms with Crippen molar-refractivity contribution in [2.75, 3.05) is 31.6 Å². The molecule has 1 fully saturated rings. The molecule has 1 aliphatic rings. The molecular formula is C14H17N5O4S. The Morgan fingerprint density at radius 1 is 1.33 bits per heavy atom. The van der Waals surface area contributed by atoms with Gasteiger partial charge in [-0.3, -0.25) is 10.1 Å². The van der Waals surface area contributed by atoms with Gasteiger partial charge in [0, 0.05) is 18.7 Å². The number of amides is 1. The topological polar surface area (TPSA) is 117 Å². The molecule has 3 rings (SSSR count). The van der Waals surface area contributed by atoms with E-state index in [9.17, 15) is 13.2 Å². The van der Waals surface area contributed by atoms with Gasteiger partial charge in [-0.05, 0) is 24.6 Å². The predicted octanol–water partition coefficient (Wildman–Crippen LogP) is 0.386. The molecule has 0 bridgehead atoms. The number of carbonyl (C=O) groups is 1. The number of benzene rings is 1. The van der Waals surface area contributed by atoms with Crippen molar-refractivity contribution in [1.82, 2.24) is 19.5 Å². The molecule has 0 spiro atoms. The van der Waals surface area contributed by atoms with Crippen molar-refractivity contribution >= 4 is 21.9 Å². The van der Waals surface area contributed by atoms with E-state index >= 15 is 0 Å². The van der Waals surface area contributed by atoms with Crippen molar-refractivity contribution < 1.29 is 17.9 Å². The van der Waals surface area contributed by atoms with Gasteiger partial charge >= 0.3 is 0 Å². The molecule has 0 aliphatic carbocycles. The summed E-state index contributed by atoms with van der Waals surface area (Å²) in [5.41, 5.74) is 0.807. The van der Waals surface area contributed by atoms with Crippen molar-refractivity contribution in [3.63, 3.8) is 0 Å². The van der Waals surface area contributed by atoms with Crippen LogP contribution in [0.1, 0.15) is 15.9 Å². The van der Waals surface area contributed by atoms with Crippen LogP contribution in [0.3, 0.4) is 0 Å². The Bertz CT molecular complexity index is 829. The first-order valence-electron chi connectivity index (χ1n) is 7.34. The number of aromatic nitrogens is 3. The maximum atomic E-state index is 12.8. The molecular weight excluding hydrogens is 334 g/mol. The minimum atomic E-state index is -3.67. The van der Waals surface area contributed by atoms with E-state index in [1.807, 2.05) is 0 Å². The lowest BCUT2D eigenvalue weighted by atomic mass is 10.1. The van der Waals surface area contributed by atoms with E-state index in [1.54, 1.807) is 19.1 Å². The Balaban J connectivity index is 1.89. The Hall–Kier alpha value is -2.30. The molecule has 0 radical (unpaired) electrons. The molecule has 0 unspecified atom stereocenters. The minimum absolute atomic E-state index is 0.120. The molecule has 1 amide bonds. The number of nitrogens with one attached hydrogen (secondary N) is 2. The minimum Gasteiger partial charge on any atom is -0.379 e. The van der Waals surface area contributed by atoms with Gasteiger partial charge in [-0.15, -0.1) is 0 Å². The SMILES string of the molecule is Cc1ccc(C(=O)Nc2ncn[nH]2)cc1S(=O)(=O)N1CCOCC1. The predicted molar refractivity (Wildman–Crippen MR) is 85.1 cm³/mol. The van der Waals surface area contributed by atoms with Crippen LogP contribution in [0.15, 0.2) is 29.4 Å². The lowest BCUT2D eigenvalue weighted by Gasteiger charge is -2.26. The van der Waals surface area contributed by atoms with Gasteiger partial charge in [0.05, 0.1) is 18.1 Å². The van der Waals surface area contributed by atoms with E-state index in [4.69, 9.17) is 4.74 Å². The molecule has 1 aromatic carbocycles. The zero-order chi connectivity index (χ0) is 17.2.